The number of rotatable bonds is 3. The van der Waals surface area contributed by atoms with E-state index in [0.29, 0.717) is 31.8 Å². The van der Waals surface area contributed by atoms with E-state index in [-0.39, 0.29) is 31.5 Å². The molecule has 1 unspecified atom stereocenters. The van der Waals surface area contributed by atoms with Crippen LogP contribution in [-0.2, 0) is 17.6 Å². The maximum atomic E-state index is 13.2. The van der Waals surface area contributed by atoms with Crippen molar-refractivity contribution in [1.82, 2.24) is 14.8 Å². The Bertz CT molecular complexity index is 984. The van der Waals surface area contributed by atoms with E-state index in [2.05, 4.69) is 0 Å². The molecule has 1 aliphatic heterocycles. The number of amides is 2. The van der Waals surface area contributed by atoms with Crippen LogP contribution in [-0.4, -0.2) is 59.1 Å². The Hall–Kier alpha value is -1.99. The molecule has 2 heterocycles. The molecule has 1 atom stereocenters. The van der Waals surface area contributed by atoms with Crippen LogP contribution in [0.25, 0.3) is 10.9 Å². The first-order valence-electron chi connectivity index (χ1n) is 10.8. The Labute approximate surface area is 195 Å². The predicted molar refractivity (Wildman–Crippen MR) is 127 cm³/mol. The van der Waals surface area contributed by atoms with Crippen molar-refractivity contribution < 1.29 is 14.3 Å². The van der Waals surface area contributed by atoms with Gasteiger partial charge in [0.2, 0.25) is 0 Å². The number of ether oxygens (including phenoxy) is 1. The van der Waals surface area contributed by atoms with Crippen molar-refractivity contribution in [2.45, 2.75) is 52.0 Å². The first-order chi connectivity index (χ1) is 14.5. The summed E-state index contributed by atoms with van der Waals surface area (Å²) in [6.45, 7) is 5.78. The topological polar surface area (TPSA) is 62.7 Å². The molecule has 168 valence electrons. The van der Waals surface area contributed by atoms with Crippen LogP contribution in [0.2, 0.25) is 5.02 Å². The average molecular weight is 464 g/mol. The van der Waals surface area contributed by atoms with Crippen molar-refractivity contribution in [3.05, 3.63) is 40.0 Å². The second-order valence-electron chi connectivity index (χ2n) is 8.20. The third-order valence-corrected chi connectivity index (χ3v) is 6.45. The summed E-state index contributed by atoms with van der Waals surface area (Å²) in [4.78, 5) is 33.7. The van der Waals surface area contributed by atoms with E-state index in [4.69, 9.17) is 21.3 Å². The zero-order valence-electron chi connectivity index (χ0n) is 18.1. The van der Waals surface area contributed by atoms with Gasteiger partial charge in [-0.25, -0.2) is 4.79 Å². The lowest BCUT2D eigenvalue weighted by atomic mass is 9.94. The van der Waals surface area contributed by atoms with Gasteiger partial charge in [-0.05, 0) is 56.7 Å². The van der Waals surface area contributed by atoms with Crippen LogP contribution in [0.1, 0.15) is 54.7 Å². The Balaban J connectivity index is 0.00000272. The van der Waals surface area contributed by atoms with E-state index < -0.39 is 0 Å². The number of carbonyl (C=O) groups excluding carboxylic acids is 2. The molecule has 4 rings (SSSR count). The minimum Gasteiger partial charge on any atom is -0.449 e. The molecule has 0 N–H and O–H groups in total. The van der Waals surface area contributed by atoms with Gasteiger partial charge >= 0.3 is 6.09 Å². The Morgan fingerprint density at radius 3 is 2.74 bits per heavy atom. The molecular formula is C23H30ClN3O3S. The van der Waals surface area contributed by atoms with Gasteiger partial charge in [0.25, 0.3) is 5.91 Å². The van der Waals surface area contributed by atoms with Gasteiger partial charge in [-0.2, -0.15) is 13.5 Å². The van der Waals surface area contributed by atoms with Gasteiger partial charge in [-0.3, -0.25) is 9.78 Å². The fourth-order valence-electron chi connectivity index (χ4n) is 4.37. The van der Waals surface area contributed by atoms with Crippen molar-refractivity contribution in [1.29, 1.82) is 0 Å². The fourth-order valence-corrected chi connectivity index (χ4v) is 4.73. The molecule has 2 aromatic rings. The lowest BCUT2D eigenvalue weighted by Crippen LogP contribution is -2.55. The molecule has 6 nitrogen and oxygen atoms in total. The van der Waals surface area contributed by atoms with Crippen molar-refractivity contribution in [2.75, 3.05) is 26.2 Å². The highest BCUT2D eigenvalue weighted by atomic mass is 35.5. The van der Waals surface area contributed by atoms with Crippen molar-refractivity contribution in [3.63, 3.8) is 0 Å². The molecular weight excluding hydrogens is 434 g/mol. The predicted octanol–water partition coefficient (Wildman–Crippen LogP) is 4.57. The number of halogens is 1. The van der Waals surface area contributed by atoms with Crippen LogP contribution >= 0.6 is 25.1 Å². The highest BCUT2D eigenvalue weighted by Gasteiger charge is 2.31. The summed E-state index contributed by atoms with van der Waals surface area (Å²) in [5, 5.41) is 1.69. The smallest absolute Gasteiger partial charge is 0.409 e. The van der Waals surface area contributed by atoms with Crippen LogP contribution in [0.15, 0.2) is 18.2 Å². The summed E-state index contributed by atoms with van der Waals surface area (Å²) in [6.07, 6.45) is 4.68. The largest absolute Gasteiger partial charge is 0.449 e. The molecule has 0 radical (unpaired) electrons. The monoisotopic (exact) mass is 463 g/mol. The molecule has 1 fully saturated rings. The number of carbonyl (C=O) groups is 2. The highest BCUT2D eigenvalue weighted by Crippen LogP contribution is 2.33. The summed E-state index contributed by atoms with van der Waals surface area (Å²) in [6, 6.07) is 5.52. The Morgan fingerprint density at radius 1 is 1.23 bits per heavy atom. The zero-order valence-corrected chi connectivity index (χ0v) is 19.9. The summed E-state index contributed by atoms with van der Waals surface area (Å²) in [5.74, 6) is -0.0402. The maximum absolute atomic E-state index is 13.2. The SMILES string of the molecule is CCCOC(=O)N1CCN(C(=O)c2ccc3c(Cl)c4c(nc3c2)CCCC4)C(C)C1.S. The van der Waals surface area contributed by atoms with Gasteiger partial charge < -0.3 is 14.5 Å². The van der Waals surface area contributed by atoms with E-state index in [1.807, 2.05) is 36.9 Å². The number of hydrogen-bond acceptors (Lipinski definition) is 4. The molecule has 1 aliphatic carbocycles. The molecule has 1 saturated heterocycles. The minimum absolute atomic E-state index is 0. The van der Waals surface area contributed by atoms with E-state index in [9.17, 15) is 9.59 Å². The second kappa shape index (κ2) is 10.1. The van der Waals surface area contributed by atoms with E-state index in [1.54, 1.807) is 4.90 Å². The zero-order chi connectivity index (χ0) is 21.3. The molecule has 0 saturated carbocycles. The van der Waals surface area contributed by atoms with Gasteiger partial charge in [0.15, 0.2) is 0 Å². The van der Waals surface area contributed by atoms with Gasteiger partial charge in [0.1, 0.15) is 0 Å². The fraction of sp³-hybridized carbons (Fsp3) is 0.522. The van der Waals surface area contributed by atoms with Crippen LogP contribution in [0.4, 0.5) is 4.79 Å². The standard InChI is InChI=1S/C23H28ClN3O3.H2S/c1-3-12-30-23(29)26-10-11-27(15(2)14-26)22(28)16-8-9-18-20(13-16)25-19-7-5-4-6-17(19)21(18)24;/h8-9,13,15H,3-7,10-12,14H2,1-2H3;1H2. The number of aromatic nitrogens is 1. The van der Waals surface area contributed by atoms with Crippen LogP contribution in [0, 0.1) is 0 Å². The quantitative estimate of drug-likeness (QED) is 0.668. The second-order valence-corrected chi connectivity index (χ2v) is 8.58. The molecule has 1 aromatic heterocycles. The molecule has 0 spiro atoms. The van der Waals surface area contributed by atoms with Gasteiger partial charge in [0, 0.05) is 42.3 Å². The van der Waals surface area contributed by atoms with Gasteiger partial charge in [-0.15, -0.1) is 0 Å². The summed E-state index contributed by atoms with van der Waals surface area (Å²) >= 11 is 6.66. The molecule has 31 heavy (non-hydrogen) atoms. The number of nitrogens with zero attached hydrogens (tertiary/aromatic N) is 3. The first-order valence-corrected chi connectivity index (χ1v) is 11.2. The molecule has 8 heteroatoms. The number of pyridine rings is 1. The molecule has 2 aliphatic rings. The first kappa shape index (κ1) is 23.7. The van der Waals surface area contributed by atoms with Crippen molar-refractivity contribution in [2.24, 2.45) is 0 Å². The number of hydrogen-bond donors (Lipinski definition) is 0. The number of piperazine rings is 1. The van der Waals surface area contributed by atoms with Gasteiger partial charge in [-0.1, -0.05) is 24.6 Å². The summed E-state index contributed by atoms with van der Waals surface area (Å²) < 4.78 is 5.23. The summed E-state index contributed by atoms with van der Waals surface area (Å²) in [5.41, 5.74) is 3.61. The van der Waals surface area contributed by atoms with Crippen molar-refractivity contribution in [3.8, 4) is 0 Å². The van der Waals surface area contributed by atoms with Crippen molar-refractivity contribution >= 4 is 48.0 Å². The summed E-state index contributed by atoms with van der Waals surface area (Å²) in [7, 11) is 0. The molecule has 1 aromatic carbocycles. The van der Waals surface area contributed by atoms with Gasteiger partial charge in [0.05, 0.1) is 17.1 Å². The van der Waals surface area contributed by atoms with E-state index in [0.717, 1.165) is 59.3 Å². The normalized spacial score (nSPS) is 18.4. The van der Waals surface area contributed by atoms with Crippen LogP contribution in [0.5, 0.6) is 0 Å². The third kappa shape index (κ3) is 4.77. The average Bonchev–Trinajstić information content (AvgIpc) is 2.76. The number of fused-ring (bicyclic) bond motifs is 2. The highest BCUT2D eigenvalue weighted by molar-refractivity contribution is 7.59. The lowest BCUT2D eigenvalue weighted by molar-refractivity contribution is 0.0414. The number of benzene rings is 1. The maximum Gasteiger partial charge on any atom is 0.409 e. The number of aryl methyl sites for hydroxylation is 1. The van der Waals surface area contributed by atoms with E-state index in [1.165, 1.54) is 0 Å². The third-order valence-electron chi connectivity index (χ3n) is 6.02. The van der Waals surface area contributed by atoms with E-state index >= 15 is 0 Å². The molecule has 0 bridgehead atoms. The molecule has 2 amide bonds. The van der Waals surface area contributed by atoms with Crippen LogP contribution < -0.4 is 0 Å². The minimum atomic E-state index is -0.301. The van der Waals surface area contributed by atoms with Crippen LogP contribution in [0.3, 0.4) is 0 Å². The Morgan fingerprint density at radius 2 is 2.00 bits per heavy atom. The Kier molecular flexibility index (Phi) is 7.70. The lowest BCUT2D eigenvalue weighted by Gasteiger charge is -2.39.